The van der Waals surface area contributed by atoms with E-state index in [4.69, 9.17) is 5.73 Å². The van der Waals surface area contributed by atoms with Crippen molar-refractivity contribution >= 4 is 0 Å². The van der Waals surface area contributed by atoms with Gasteiger partial charge in [-0.1, -0.05) is 54.1 Å². The summed E-state index contributed by atoms with van der Waals surface area (Å²) in [5.41, 5.74) is 11.1. The second-order valence-electron chi connectivity index (χ2n) is 5.44. The fourth-order valence-corrected chi connectivity index (χ4v) is 2.69. The minimum Gasteiger partial charge on any atom is -0.329 e. The van der Waals surface area contributed by atoms with Crippen LogP contribution in [-0.4, -0.2) is 25.0 Å². The van der Waals surface area contributed by atoms with Crippen LogP contribution >= 0.6 is 0 Å². The predicted octanol–water partition coefficient (Wildman–Crippen LogP) is 3.28. The molecule has 1 unspecified atom stereocenters. The summed E-state index contributed by atoms with van der Waals surface area (Å²) in [7, 11) is 2.15. The second kappa shape index (κ2) is 6.69. The van der Waals surface area contributed by atoms with Crippen molar-refractivity contribution in [2.24, 2.45) is 5.73 Å². The SMILES string of the molecule is Cc1ccc(C)c(C(c2ccccc2)N(C)CCN)c1. The molecule has 0 heterocycles. The lowest BCUT2D eigenvalue weighted by Crippen LogP contribution is -2.31. The molecule has 2 aromatic carbocycles. The second-order valence-corrected chi connectivity index (χ2v) is 5.44. The van der Waals surface area contributed by atoms with E-state index in [2.05, 4.69) is 74.3 Å². The number of likely N-dealkylation sites (N-methyl/N-ethyl adjacent to an activating group) is 1. The molecule has 2 N–H and O–H groups in total. The molecule has 0 amide bonds. The average Bonchev–Trinajstić information content (AvgIpc) is 2.44. The van der Waals surface area contributed by atoms with E-state index >= 15 is 0 Å². The number of aryl methyl sites for hydroxylation is 2. The third-order valence-electron chi connectivity index (χ3n) is 3.77. The maximum Gasteiger partial charge on any atom is 0.0602 e. The highest BCUT2D eigenvalue weighted by molar-refractivity contribution is 5.39. The lowest BCUT2D eigenvalue weighted by Gasteiger charge is -2.30. The summed E-state index contributed by atoms with van der Waals surface area (Å²) in [4.78, 5) is 2.33. The summed E-state index contributed by atoms with van der Waals surface area (Å²) in [6, 6.07) is 17.6. The van der Waals surface area contributed by atoms with Crippen LogP contribution in [0, 0.1) is 13.8 Å². The Kier molecular flexibility index (Phi) is 4.94. The first-order valence-corrected chi connectivity index (χ1v) is 7.16. The predicted molar refractivity (Wildman–Crippen MR) is 85.9 cm³/mol. The monoisotopic (exact) mass is 268 g/mol. The number of rotatable bonds is 5. The van der Waals surface area contributed by atoms with Gasteiger partial charge in [0.2, 0.25) is 0 Å². The van der Waals surface area contributed by atoms with Gasteiger partial charge in [-0.15, -0.1) is 0 Å². The summed E-state index contributed by atoms with van der Waals surface area (Å²) in [5.74, 6) is 0. The van der Waals surface area contributed by atoms with Crippen molar-refractivity contribution < 1.29 is 0 Å². The van der Waals surface area contributed by atoms with Gasteiger partial charge < -0.3 is 5.73 Å². The van der Waals surface area contributed by atoms with Crippen molar-refractivity contribution in [1.82, 2.24) is 4.90 Å². The number of benzene rings is 2. The Bertz CT molecular complexity index is 549. The topological polar surface area (TPSA) is 29.3 Å². The molecule has 0 saturated heterocycles. The Morgan fingerprint density at radius 3 is 2.40 bits per heavy atom. The lowest BCUT2D eigenvalue weighted by molar-refractivity contribution is 0.286. The molecular weight excluding hydrogens is 244 g/mol. The minimum atomic E-state index is 0.264. The fourth-order valence-electron chi connectivity index (χ4n) is 2.69. The van der Waals surface area contributed by atoms with E-state index in [0.29, 0.717) is 6.54 Å². The highest BCUT2D eigenvalue weighted by atomic mass is 15.1. The molecule has 2 rings (SSSR count). The van der Waals surface area contributed by atoms with E-state index in [9.17, 15) is 0 Å². The van der Waals surface area contributed by atoms with Crippen LogP contribution in [0.2, 0.25) is 0 Å². The molecule has 0 bridgehead atoms. The zero-order chi connectivity index (χ0) is 14.5. The van der Waals surface area contributed by atoms with E-state index in [1.807, 2.05) is 0 Å². The number of hydrogen-bond acceptors (Lipinski definition) is 2. The first-order valence-electron chi connectivity index (χ1n) is 7.16. The van der Waals surface area contributed by atoms with Gasteiger partial charge in [0, 0.05) is 13.1 Å². The summed E-state index contributed by atoms with van der Waals surface area (Å²) in [6.45, 7) is 5.88. The van der Waals surface area contributed by atoms with E-state index < -0.39 is 0 Å². The summed E-state index contributed by atoms with van der Waals surface area (Å²) < 4.78 is 0. The molecule has 2 heteroatoms. The first-order chi connectivity index (χ1) is 9.63. The van der Waals surface area contributed by atoms with Gasteiger partial charge in [-0.25, -0.2) is 0 Å². The fraction of sp³-hybridized carbons (Fsp3) is 0.333. The molecule has 2 nitrogen and oxygen atoms in total. The Hall–Kier alpha value is -1.64. The van der Waals surface area contributed by atoms with Gasteiger partial charge in [0.25, 0.3) is 0 Å². The van der Waals surface area contributed by atoms with Gasteiger partial charge in [-0.2, -0.15) is 0 Å². The van der Waals surface area contributed by atoms with Gasteiger partial charge in [0.05, 0.1) is 6.04 Å². The van der Waals surface area contributed by atoms with Crippen LogP contribution in [0.3, 0.4) is 0 Å². The van der Waals surface area contributed by atoms with Crippen LogP contribution in [-0.2, 0) is 0 Å². The number of nitrogens with zero attached hydrogens (tertiary/aromatic N) is 1. The molecule has 0 saturated carbocycles. The van der Waals surface area contributed by atoms with Crippen LogP contribution in [0.4, 0.5) is 0 Å². The maximum atomic E-state index is 5.75. The quantitative estimate of drug-likeness (QED) is 0.901. The smallest absolute Gasteiger partial charge is 0.0602 e. The molecule has 0 aliphatic heterocycles. The van der Waals surface area contributed by atoms with E-state index in [-0.39, 0.29) is 6.04 Å². The Balaban J connectivity index is 2.48. The van der Waals surface area contributed by atoms with Gasteiger partial charge in [-0.3, -0.25) is 4.90 Å². The zero-order valence-corrected chi connectivity index (χ0v) is 12.6. The maximum absolute atomic E-state index is 5.75. The molecule has 0 aliphatic carbocycles. The van der Waals surface area contributed by atoms with Crippen LogP contribution in [0.1, 0.15) is 28.3 Å². The van der Waals surface area contributed by atoms with Gasteiger partial charge in [0.1, 0.15) is 0 Å². The van der Waals surface area contributed by atoms with E-state index in [0.717, 1.165) is 6.54 Å². The van der Waals surface area contributed by atoms with Gasteiger partial charge >= 0.3 is 0 Å². The number of hydrogen-bond donors (Lipinski definition) is 1. The van der Waals surface area contributed by atoms with Crippen LogP contribution in [0.5, 0.6) is 0 Å². The summed E-state index contributed by atoms with van der Waals surface area (Å²) >= 11 is 0. The molecule has 20 heavy (non-hydrogen) atoms. The summed E-state index contributed by atoms with van der Waals surface area (Å²) in [5, 5.41) is 0. The third kappa shape index (κ3) is 3.27. The highest BCUT2D eigenvalue weighted by Crippen LogP contribution is 2.30. The van der Waals surface area contributed by atoms with Crippen molar-refractivity contribution in [2.45, 2.75) is 19.9 Å². The number of nitrogens with two attached hydrogens (primary N) is 1. The van der Waals surface area contributed by atoms with Crippen molar-refractivity contribution in [1.29, 1.82) is 0 Å². The normalized spacial score (nSPS) is 12.7. The average molecular weight is 268 g/mol. The molecule has 1 atom stereocenters. The molecule has 0 spiro atoms. The van der Waals surface area contributed by atoms with Crippen molar-refractivity contribution in [3.05, 3.63) is 70.8 Å². The Morgan fingerprint density at radius 1 is 1.05 bits per heavy atom. The molecule has 106 valence electrons. The van der Waals surface area contributed by atoms with Crippen LogP contribution < -0.4 is 5.73 Å². The van der Waals surface area contributed by atoms with Crippen molar-refractivity contribution in [2.75, 3.05) is 20.1 Å². The Labute approximate surface area is 122 Å². The van der Waals surface area contributed by atoms with Crippen molar-refractivity contribution in [3.8, 4) is 0 Å². The first kappa shape index (κ1) is 14.8. The van der Waals surface area contributed by atoms with Gasteiger partial charge in [-0.05, 0) is 37.6 Å². The van der Waals surface area contributed by atoms with Crippen LogP contribution in [0.15, 0.2) is 48.5 Å². The van der Waals surface area contributed by atoms with Crippen LogP contribution in [0.25, 0.3) is 0 Å². The molecule has 0 aromatic heterocycles. The third-order valence-corrected chi connectivity index (χ3v) is 3.77. The van der Waals surface area contributed by atoms with E-state index in [1.54, 1.807) is 0 Å². The van der Waals surface area contributed by atoms with Gasteiger partial charge in [0.15, 0.2) is 0 Å². The van der Waals surface area contributed by atoms with Crippen molar-refractivity contribution in [3.63, 3.8) is 0 Å². The Morgan fingerprint density at radius 2 is 1.75 bits per heavy atom. The molecule has 2 aromatic rings. The molecule has 0 radical (unpaired) electrons. The molecular formula is C18H24N2. The minimum absolute atomic E-state index is 0.264. The summed E-state index contributed by atoms with van der Waals surface area (Å²) in [6.07, 6.45) is 0. The highest BCUT2D eigenvalue weighted by Gasteiger charge is 2.20. The van der Waals surface area contributed by atoms with E-state index in [1.165, 1.54) is 22.3 Å². The molecule has 0 aliphatic rings. The zero-order valence-electron chi connectivity index (χ0n) is 12.6. The molecule has 0 fully saturated rings. The standard InChI is InChI=1S/C18H24N2/c1-14-9-10-15(2)17(13-14)18(20(3)12-11-19)16-7-5-4-6-8-16/h4-10,13,18H,11-12,19H2,1-3H3. The largest absolute Gasteiger partial charge is 0.329 e. The lowest BCUT2D eigenvalue weighted by atomic mass is 9.92.